The van der Waals surface area contributed by atoms with Gasteiger partial charge in [0.15, 0.2) is 0 Å². The third-order valence-corrected chi connectivity index (χ3v) is 4.85. The quantitative estimate of drug-likeness (QED) is 0.674. The van der Waals surface area contributed by atoms with Crippen LogP contribution in [-0.2, 0) is 17.9 Å². The maximum atomic E-state index is 3.63. The molecule has 1 saturated heterocycles. The Morgan fingerprint density at radius 2 is 1.17 bits per heavy atom. The molecule has 1 heterocycles. The summed E-state index contributed by atoms with van der Waals surface area (Å²) in [7, 11) is 0. The molecule has 3 aromatic carbocycles. The van der Waals surface area contributed by atoms with Crippen molar-refractivity contribution in [2.75, 3.05) is 9.91 Å². The van der Waals surface area contributed by atoms with Gasteiger partial charge in [0.05, 0.1) is 0 Å². The molecule has 1 unspecified atom stereocenters. The molecule has 1 fully saturated rings. The maximum absolute atomic E-state index is 3.63. The summed E-state index contributed by atoms with van der Waals surface area (Å²) < 4.78 is 1.08. The molecular weight excluding hydrogens is 383 g/mol. The van der Waals surface area contributed by atoms with Crippen LogP contribution < -0.4 is 15.3 Å². The molecule has 1 aliphatic rings. The fourth-order valence-corrected chi connectivity index (χ4v) is 3.68. The van der Waals surface area contributed by atoms with Gasteiger partial charge in [-0.05, 0) is 0 Å². The zero-order chi connectivity index (χ0) is 16.4. The van der Waals surface area contributed by atoms with Crippen LogP contribution in [-0.4, -0.2) is 4.35 Å². The van der Waals surface area contributed by atoms with Crippen molar-refractivity contribution in [3.8, 4) is 0 Å². The number of nitrogens with zero attached hydrogens (tertiary/aromatic N) is 2. The molecule has 0 aliphatic carbocycles. The Labute approximate surface area is 151 Å². The van der Waals surface area contributed by atoms with Gasteiger partial charge in [0.2, 0.25) is 0 Å². The van der Waals surface area contributed by atoms with Gasteiger partial charge in [0.1, 0.15) is 0 Å². The summed E-state index contributed by atoms with van der Waals surface area (Å²) in [6.07, 6.45) is 0.0462. The summed E-state index contributed by atoms with van der Waals surface area (Å²) in [4.78, 5) is 2.30. The molecule has 4 heteroatoms. The minimum absolute atomic E-state index is 0.0462. The second kappa shape index (κ2) is 6.68. The van der Waals surface area contributed by atoms with E-state index >= 15 is 0 Å². The molecule has 0 amide bonds. The first-order valence-corrected chi connectivity index (χ1v) is 8.73. The van der Waals surface area contributed by atoms with Crippen molar-refractivity contribution in [3.63, 3.8) is 0 Å². The number of hydrogen-bond acceptors (Lipinski definition) is 3. The van der Waals surface area contributed by atoms with Gasteiger partial charge in [-0.25, -0.2) is 0 Å². The number of hydrazine groups is 1. The molecule has 1 N–H and O–H groups in total. The van der Waals surface area contributed by atoms with Crippen molar-refractivity contribution in [1.29, 1.82) is 0 Å². The van der Waals surface area contributed by atoms with Crippen LogP contribution in [0.4, 0.5) is 11.4 Å². The normalized spacial score (nSPS) is 17.3. The summed E-state index contributed by atoms with van der Waals surface area (Å²) >= 11 is 2.76. The summed E-state index contributed by atoms with van der Waals surface area (Å²) in [5.74, 6) is 0. The average molecular weight is 400 g/mol. The summed E-state index contributed by atoms with van der Waals surface area (Å²) in [5, 5.41) is 2.13. The van der Waals surface area contributed by atoms with E-state index in [0.717, 1.165) is 15.7 Å². The first-order valence-electron chi connectivity index (χ1n) is 7.86. The van der Waals surface area contributed by atoms with Crippen molar-refractivity contribution in [2.45, 2.75) is 6.17 Å². The fraction of sp³-hybridized carbons (Fsp3) is 0.0500. The van der Waals surface area contributed by atoms with Gasteiger partial charge in [-0.3, -0.25) is 0 Å². The van der Waals surface area contributed by atoms with E-state index in [1.54, 1.807) is 0 Å². The van der Waals surface area contributed by atoms with E-state index in [4.69, 9.17) is 0 Å². The Morgan fingerprint density at radius 3 is 1.75 bits per heavy atom. The number of anilines is 2. The monoisotopic (exact) mass is 401 g/mol. The Hall–Kier alpha value is -2.29. The van der Waals surface area contributed by atoms with Gasteiger partial charge in [-0.15, -0.1) is 0 Å². The molecule has 24 heavy (non-hydrogen) atoms. The molecule has 1 atom stereocenters. The van der Waals surface area contributed by atoms with Crippen LogP contribution in [0.25, 0.3) is 0 Å². The molecule has 0 bridgehead atoms. The minimum atomic E-state index is 0.0462. The molecule has 0 radical (unpaired) electrons. The third-order valence-electron chi connectivity index (χ3n) is 4.05. The van der Waals surface area contributed by atoms with Gasteiger partial charge in [-0.2, -0.15) is 0 Å². The fourth-order valence-electron chi connectivity index (χ4n) is 2.90. The first kappa shape index (κ1) is 15.3. The van der Waals surface area contributed by atoms with Gasteiger partial charge in [-0.1, -0.05) is 0 Å². The zero-order valence-corrected chi connectivity index (χ0v) is 14.7. The van der Waals surface area contributed by atoms with E-state index in [1.165, 1.54) is 5.56 Å². The van der Waals surface area contributed by atoms with E-state index in [-0.39, 0.29) is 6.17 Å². The third kappa shape index (κ3) is 2.79. The molecule has 3 nitrogen and oxygen atoms in total. The molecule has 0 saturated carbocycles. The number of rotatable bonds is 3. The van der Waals surface area contributed by atoms with E-state index in [1.807, 2.05) is 18.2 Å². The van der Waals surface area contributed by atoms with E-state index in [9.17, 15) is 0 Å². The van der Waals surface area contributed by atoms with Crippen molar-refractivity contribution in [1.82, 2.24) is 5.43 Å². The van der Waals surface area contributed by atoms with Crippen molar-refractivity contribution in [2.24, 2.45) is 0 Å². The van der Waals surface area contributed by atoms with Gasteiger partial charge < -0.3 is 0 Å². The van der Waals surface area contributed by atoms with Crippen molar-refractivity contribution < 1.29 is 17.9 Å². The molecule has 0 spiro atoms. The van der Waals surface area contributed by atoms with Crippen LogP contribution in [0.3, 0.4) is 0 Å². The SMILES string of the molecule is [Ru+]=[C]1N(c2ccccc2)NC(c2ccccc2)N1c1ccccc1. The van der Waals surface area contributed by atoms with E-state index in [0.29, 0.717) is 0 Å². The first-order chi connectivity index (χ1) is 11.8. The molecule has 0 aromatic heterocycles. The standard InChI is InChI=1S/C20H17N3.Ru/c1-4-10-17(11-5-1)20-21-23(19-14-8-3-9-15-19)16-22(20)18-12-6-2-7-13-18;/h1-15,20-21H;/q;+1. The van der Waals surface area contributed by atoms with E-state index in [2.05, 4.69) is 106 Å². The molecular formula is C20H17N3Ru+. The Morgan fingerprint density at radius 1 is 0.667 bits per heavy atom. The number of hydrogen-bond donors (Lipinski definition) is 1. The average Bonchev–Trinajstić information content (AvgIpc) is 3.01. The molecule has 119 valence electrons. The topological polar surface area (TPSA) is 18.5 Å². The van der Waals surface area contributed by atoms with Crippen LogP contribution in [0.2, 0.25) is 0 Å². The van der Waals surface area contributed by atoms with Crippen LogP contribution in [0.1, 0.15) is 11.7 Å². The second-order valence-corrected chi connectivity index (χ2v) is 6.35. The molecule has 1 aliphatic heterocycles. The second-order valence-electron chi connectivity index (χ2n) is 5.58. The van der Waals surface area contributed by atoms with Gasteiger partial charge >= 0.3 is 152 Å². The number of para-hydroxylation sites is 2. The predicted molar refractivity (Wildman–Crippen MR) is 95.2 cm³/mol. The summed E-state index contributed by atoms with van der Waals surface area (Å²) in [5.41, 5.74) is 7.13. The summed E-state index contributed by atoms with van der Waals surface area (Å²) in [6.45, 7) is 0. The molecule has 4 rings (SSSR count). The number of nitrogens with one attached hydrogen (secondary N) is 1. The van der Waals surface area contributed by atoms with Crippen molar-refractivity contribution >= 4 is 15.7 Å². The predicted octanol–water partition coefficient (Wildman–Crippen LogP) is 3.85. The summed E-state index contributed by atoms with van der Waals surface area (Å²) in [6, 6.07) is 31.3. The van der Waals surface area contributed by atoms with Crippen LogP contribution in [0.5, 0.6) is 0 Å². The zero-order valence-electron chi connectivity index (χ0n) is 13.0. The van der Waals surface area contributed by atoms with Gasteiger partial charge in [0, 0.05) is 0 Å². The van der Waals surface area contributed by atoms with Crippen LogP contribution >= 0.6 is 0 Å². The Kier molecular flexibility index (Phi) is 4.25. The van der Waals surface area contributed by atoms with Crippen LogP contribution in [0, 0.1) is 0 Å². The van der Waals surface area contributed by atoms with Crippen LogP contribution in [0.15, 0.2) is 91.0 Å². The molecule has 3 aromatic rings. The van der Waals surface area contributed by atoms with Gasteiger partial charge in [0.25, 0.3) is 0 Å². The Balaban J connectivity index is 1.77. The van der Waals surface area contributed by atoms with Crippen molar-refractivity contribution in [3.05, 3.63) is 96.6 Å². The van der Waals surface area contributed by atoms with E-state index < -0.39 is 0 Å². The number of benzene rings is 3. The Bertz CT molecular complexity index is 821.